The van der Waals surface area contributed by atoms with Gasteiger partial charge in [0.1, 0.15) is 0 Å². The molecule has 0 saturated carbocycles. The van der Waals surface area contributed by atoms with Gasteiger partial charge in [-0.25, -0.2) is 4.98 Å². The Balaban J connectivity index is 1.51. The Labute approximate surface area is 154 Å². The second kappa shape index (κ2) is 6.70. The summed E-state index contributed by atoms with van der Waals surface area (Å²) in [6, 6.07) is 1.70. The first-order valence-electron chi connectivity index (χ1n) is 9.06. The van der Waals surface area contributed by atoms with Crippen LogP contribution in [0, 0.1) is 6.92 Å². The molecule has 4 rings (SSSR count). The predicted octanol–water partition coefficient (Wildman–Crippen LogP) is 2.93. The van der Waals surface area contributed by atoms with Crippen LogP contribution in [0.2, 0.25) is 0 Å². The molecule has 0 bridgehead atoms. The Kier molecular flexibility index (Phi) is 4.49. The van der Waals surface area contributed by atoms with Gasteiger partial charge in [0.15, 0.2) is 5.76 Å². The molecule has 1 N–H and O–H groups in total. The maximum Gasteiger partial charge on any atom is 0.449 e. The Morgan fingerprint density at radius 3 is 2.67 bits per heavy atom. The standard InChI is InChI=1S/C18H21F3N4O2/c1-11-8-14(27-10-11)16(26)24-5-2-12(3-6-24)15-13-9-22-4-7-25(13)17(23-15)18(19,20)21/h8,10,12,22H,2-7,9H2,1H3. The molecule has 27 heavy (non-hydrogen) atoms. The molecule has 4 heterocycles. The summed E-state index contributed by atoms with van der Waals surface area (Å²) < 4.78 is 46.6. The SMILES string of the molecule is Cc1coc(C(=O)N2CCC(c3nc(C(F)(F)F)n4c3CNCC4)CC2)c1. The van der Waals surface area contributed by atoms with Gasteiger partial charge in [-0.3, -0.25) is 4.79 Å². The van der Waals surface area contributed by atoms with E-state index in [9.17, 15) is 18.0 Å². The van der Waals surface area contributed by atoms with Crippen molar-refractivity contribution in [2.75, 3.05) is 19.6 Å². The molecule has 2 aromatic rings. The lowest BCUT2D eigenvalue weighted by Crippen LogP contribution is -2.38. The highest BCUT2D eigenvalue weighted by molar-refractivity contribution is 5.91. The summed E-state index contributed by atoms with van der Waals surface area (Å²) in [6.07, 6.45) is -1.75. The van der Waals surface area contributed by atoms with E-state index in [1.54, 1.807) is 11.0 Å². The second-order valence-corrected chi connectivity index (χ2v) is 7.15. The van der Waals surface area contributed by atoms with Gasteiger partial charge in [0.25, 0.3) is 5.91 Å². The molecular formula is C18H21F3N4O2. The number of furan rings is 1. The molecule has 0 atom stereocenters. The second-order valence-electron chi connectivity index (χ2n) is 7.15. The van der Waals surface area contributed by atoms with Crippen molar-refractivity contribution in [3.8, 4) is 0 Å². The van der Waals surface area contributed by atoms with Crippen molar-refractivity contribution in [3.63, 3.8) is 0 Å². The summed E-state index contributed by atoms with van der Waals surface area (Å²) in [6.45, 7) is 3.96. The molecule has 9 heteroatoms. The molecule has 0 spiro atoms. The number of nitrogens with one attached hydrogen (secondary N) is 1. The third-order valence-corrected chi connectivity index (χ3v) is 5.27. The minimum absolute atomic E-state index is 0.0790. The largest absolute Gasteiger partial charge is 0.459 e. The Hall–Kier alpha value is -2.29. The number of nitrogens with zero attached hydrogens (tertiary/aromatic N) is 3. The Morgan fingerprint density at radius 1 is 1.30 bits per heavy atom. The number of rotatable bonds is 2. The van der Waals surface area contributed by atoms with Gasteiger partial charge in [0, 0.05) is 38.6 Å². The van der Waals surface area contributed by atoms with Crippen LogP contribution in [0.1, 0.15) is 52.1 Å². The van der Waals surface area contributed by atoms with Crippen LogP contribution in [-0.4, -0.2) is 40.0 Å². The van der Waals surface area contributed by atoms with Crippen LogP contribution in [0.15, 0.2) is 16.7 Å². The molecule has 1 fully saturated rings. The summed E-state index contributed by atoms with van der Waals surface area (Å²) in [5, 5.41) is 3.13. The Bertz CT molecular complexity index is 847. The molecule has 2 aromatic heterocycles. The van der Waals surface area contributed by atoms with Crippen molar-refractivity contribution in [2.24, 2.45) is 0 Å². The van der Waals surface area contributed by atoms with Crippen LogP contribution in [0.5, 0.6) is 0 Å². The number of hydrogen-bond acceptors (Lipinski definition) is 4. The zero-order valence-electron chi connectivity index (χ0n) is 15.0. The monoisotopic (exact) mass is 382 g/mol. The third kappa shape index (κ3) is 3.36. The lowest BCUT2D eigenvalue weighted by atomic mass is 9.92. The minimum Gasteiger partial charge on any atom is -0.459 e. The zero-order valence-corrected chi connectivity index (χ0v) is 15.0. The lowest BCUT2D eigenvalue weighted by Gasteiger charge is -2.31. The molecule has 1 saturated heterocycles. The predicted molar refractivity (Wildman–Crippen MR) is 90.3 cm³/mol. The topological polar surface area (TPSA) is 63.3 Å². The summed E-state index contributed by atoms with van der Waals surface area (Å²) in [4.78, 5) is 18.2. The fourth-order valence-corrected chi connectivity index (χ4v) is 3.93. The number of aryl methyl sites for hydroxylation is 1. The number of alkyl halides is 3. The lowest BCUT2D eigenvalue weighted by molar-refractivity contribution is -0.147. The van der Waals surface area contributed by atoms with Gasteiger partial charge in [0.2, 0.25) is 5.82 Å². The highest BCUT2D eigenvalue weighted by Gasteiger charge is 2.41. The van der Waals surface area contributed by atoms with E-state index in [-0.39, 0.29) is 18.4 Å². The fourth-order valence-electron chi connectivity index (χ4n) is 3.93. The molecular weight excluding hydrogens is 361 g/mol. The molecule has 6 nitrogen and oxygen atoms in total. The summed E-state index contributed by atoms with van der Waals surface area (Å²) in [7, 11) is 0. The summed E-state index contributed by atoms with van der Waals surface area (Å²) in [5.41, 5.74) is 2.03. The van der Waals surface area contributed by atoms with Crippen LogP contribution in [-0.2, 0) is 19.3 Å². The number of imidazole rings is 1. The highest BCUT2D eigenvalue weighted by atomic mass is 19.4. The van der Waals surface area contributed by atoms with Gasteiger partial charge < -0.3 is 19.2 Å². The van der Waals surface area contributed by atoms with Gasteiger partial charge >= 0.3 is 6.18 Å². The average Bonchev–Trinajstić information content (AvgIpc) is 3.25. The number of carbonyl (C=O) groups excluding carboxylic acids is 1. The molecule has 0 aliphatic carbocycles. The third-order valence-electron chi connectivity index (χ3n) is 5.27. The van der Waals surface area contributed by atoms with E-state index in [2.05, 4.69) is 10.3 Å². The number of amides is 1. The van der Waals surface area contributed by atoms with Crippen molar-refractivity contribution < 1.29 is 22.4 Å². The first-order valence-corrected chi connectivity index (χ1v) is 9.06. The molecule has 0 radical (unpaired) electrons. The van der Waals surface area contributed by atoms with Gasteiger partial charge in [-0.15, -0.1) is 0 Å². The van der Waals surface area contributed by atoms with Crippen LogP contribution in [0.4, 0.5) is 13.2 Å². The van der Waals surface area contributed by atoms with Gasteiger partial charge in [0.05, 0.1) is 17.7 Å². The summed E-state index contributed by atoms with van der Waals surface area (Å²) >= 11 is 0. The number of fused-ring (bicyclic) bond motifs is 1. The molecule has 0 unspecified atom stereocenters. The van der Waals surface area contributed by atoms with Crippen LogP contribution in [0.25, 0.3) is 0 Å². The molecule has 146 valence electrons. The number of aromatic nitrogens is 2. The van der Waals surface area contributed by atoms with Gasteiger partial charge in [-0.1, -0.05) is 0 Å². The van der Waals surface area contributed by atoms with Gasteiger partial charge in [-0.2, -0.15) is 13.2 Å². The molecule has 0 aromatic carbocycles. The van der Waals surface area contributed by atoms with Crippen molar-refractivity contribution in [1.82, 2.24) is 19.8 Å². The van der Waals surface area contributed by atoms with Crippen molar-refractivity contribution >= 4 is 5.91 Å². The smallest absolute Gasteiger partial charge is 0.449 e. The maximum atomic E-state index is 13.3. The molecule has 2 aliphatic heterocycles. The molecule has 2 aliphatic rings. The Morgan fingerprint density at radius 2 is 2.04 bits per heavy atom. The first-order chi connectivity index (χ1) is 12.8. The van der Waals surface area contributed by atoms with E-state index < -0.39 is 12.0 Å². The zero-order chi connectivity index (χ0) is 19.2. The normalized spacial score (nSPS) is 18.6. The van der Waals surface area contributed by atoms with Crippen molar-refractivity contribution in [2.45, 2.75) is 44.9 Å². The fraction of sp³-hybridized carbons (Fsp3) is 0.556. The average molecular weight is 382 g/mol. The van der Waals surface area contributed by atoms with E-state index in [0.29, 0.717) is 56.2 Å². The number of piperidine rings is 1. The van der Waals surface area contributed by atoms with Crippen LogP contribution in [0.3, 0.4) is 0 Å². The number of halogens is 3. The first kappa shape index (κ1) is 18.1. The van der Waals surface area contributed by atoms with Gasteiger partial charge in [-0.05, 0) is 31.4 Å². The van der Waals surface area contributed by atoms with E-state index in [4.69, 9.17) is 4.42 Å². The van der Waals surface area contributed by atoms with Crippen molar-refractivity contribution in [1.29, 1.82) is 0 Å². The van der Waals surface area contributed by atoms with E-state index in [1.807, 2.05) is 6.92 Å². The van der Waals surface area contributed by atoms with Crippen molar-refractivity contribution in [3.05, 3.63) is 40.9 Å². The highest BCUT2D eigenvalue weighted by Crippen LogP contribution is 2.36. The number of carbonyl (C=O) groups is 1. The maximum absolute atomic E-state index is 13.3. The van der Waals surface area contributed by atoms with E-state index in [0.717, 1.165) is 5.56 Å². The summed E-state index contributed by atoms with van der Waals surface area (Å²) in [5.74, 6) is -0.761. The van der Waals surface area contributed by atoms with Crippen LogP contribution >= 0.6 is 0 Å². The molecule has 1 amide bonds. The quantitative estimate of drug-likeness (QED) is 0.868. The number of hydrogen-bond donors (Lipinski definition) is 1. The van der Waals surface area contributed by atoms with E-state index >= 15 is 0 Å². The van der Waals surface area contributed by atoms with E-state index in [1.165, 1.54) is 10.8 Å². The number of likely N-dealkylation sites (tertiary alicyclic amines) is 1. The minimum atomic E-state index is -4.46. The van der Waals surface area contributed by atoms with Crippen LogP contribution < -0.4 is 5.32 Å².